The first-order valence-corrected chi connectivity index (χ1v) is 6.17. The van der Waals surface area contributed by atoms with Gasteiger partial charge >= 0.3 is 5.97 Å². The molecule has 2 rings (SSSR count). The van der Waals surface area contributed by atoms with Crippen LogP contribution in [0, 0.1) is 5.92 Å². The predicted molar refractivity (Wildman–Crippen MR) is 69.2 cm³/mol. The Morgan fingerprint density at radius 2 is 2.06 bits per heavy atom. The van der Waals surface area contributed by atoms with Crippen molar-refractivity contribution in [3.8, 4) is 0 Å². The minimum Gasteiger partial charge on any atom is -0.481 e. The van der Waals surface area contributed by atoms with Gasteiger partial charge in [-0.2, -0.15) is 0 Å². The molecule has 1 heterocycles. The fourth-order valence-electron chi connectivity index (χ4n) is 2.21. The molecule has 1 aliphatic heterocycles. The average molecular weight is 274 g/mol. The van der Waals surface area contributed by atoms with E-state index >= 15 is 0 Å². The number of carboxylic acid groups (broad SMARTS) is 1. The number of carbonyl (C=O) groups is 1. The minimum atomic E-state index is -0.776. The van der Waals surface area contributed by atoms with E-state index in [2.05, 4.69) is 0 Å². The number of rotatable bonds is 1. The van der Waals surface area contributed by atoms with Crippen molar-refractivity contribution in [3.63, 3.8) is 0 Å². The molecule has 0 amide bonds. The highest BCUT2D eigenvalue weighted by molar-refractivity contribution is 6.36. The summed E-state index contributed by atoms with van der Waals surface area (Å²) in [6.45, 7) is 0.671. The summed E-state index contributed by atoms with van der Waals surface area (Å²) in [6.07, 6.45) is 1.04. The molecule has 0 aromatic heterocycles. The Morgan fingerprint density at radius 3 is 2.71 bits per heavy atom. The molecule has 1 aromatic rings. The Balaban J connectivity index is 2.50. The number of fused-ring (bicyclic) bond motifs is 1. The lowest BCUT2D eigenvalue weighted by Gasteiger charge is -2.21. The topological polar surface area (TPSA) is 40.5 Å². The molecule has 0 aliphatic carbocycles. The molecule has 0 bridgehead atoms. The van der Waals surface area contributed by atoms with Crippen LogP contribution in [0.3, 0.4) is 0 Å². The van der Waals surface area contributed by atoms with E-state index in [9.17, 15) is 4.79 Å². The summed E-state index contributed by atoms with van der Waals surface area (Å²) in [5.41, 5.74) is 1.70. The van der Waals surface area contributed by atoms with E-state index in [4.69, 9.17) is 28.3 Å². The first kappa shape index (κ1) is 12.5. The largest absolute Gasteiger partial charge is 0.481 e. The molecule has 1 N–H and O–H groups in total. The van der Waals surface area contributed by atoms with Gasteiger partial charge in [-0.05, 0) is 30.5 Å². The third-order valence-corrected chi connectivity index (χ3v) is 3.83. The van der Waals surface area contributed by atoms with Crippen LogP contribution in [0.4, 0.5) is 5.69 Å². The van der Waals surface area contributed by atoms with Crippen molar-refractivity contribution < 1.29 is 9.90 Å². The predicted octanol–water partition coefficient (Wildman–Crippen LogP) is 3.08. The average Bonchev–Trinajstić information content (AvgIpc) is 2.44. The van der Waals surface area contributed by atoms with Gasteiger partial charge in [0.2, 0.25) is 0 Å². The van der Waals surface area contributed by atoms with Crippen LogP contribution in [0.1, 0.15) is 12.0 Å². The Hall–Kier alpha value is -0.930. The highest BCUT2D eigenvalue weighted by Gasteiger charge is 2.27. The summed E-state index contributed by atoms with van der Waals surface area (Å²) < 4.78 is 0. The summed E-state index contributed by atoms with van der Waals surface area (Å²) >= 11 is 12.3. The van der Waals surface area contributed by atoms with E-state index in [0.29, 0.717) is 29.4 Å². The number of nitrogens with zero attached hydrogens (tertiary/aromatic N) is 1. The van der Waals surface area contributed by atoms with Gasteiger partial charge in [-0.3, -0.25) is 4.79 Å². The van der Waals surface area contributed by atoms with Gasteiger partial charge in [-0.15, -0.1) is 0 Å². The zero-order chi connectivity index (χ0) is 12.6. The maximum absolute atomic E-state index is 11.1. The van der Waals surface area contributed by atoms with E-state index in [1.165, 1.54) is 0 Å². The van der Waals surface area contributed by atoms with Gasteiger partial charge in [0.15, 0.2) is 0 Å². The van der Waals surface area contributed by atoms with Crippen molar-refractivity contribution in [1.29, 1.82) is 0 Å². The van der Waals surface area contributed by atoms with Crippen LogP contribution in [0.5, 0.6) is 0 Å². The molecule has 5 heteroatoms. The fraction of sp³-hybridized carbons (Fsp3) is 0.417. The van der Waals surface area contributed by atoms with Crippen LogP contribution >= 0.6 is 23.2 Å². The van der Waals surface area contributed by atoms with Crippen LogP contribution in [0.15, 0.2) is 12.1 Å². The molecule has 0 spiro atoms. The molecule has 0 saturated heterocycles. The lowest BCUT2D eigenvalue weighted by atomic mass is 9.97. The quantitative estimate of drug-likeness (QED) is 0.855. The second kappa shape index (κ2) is 4.75. The van der Waals surface area contributed by atoms with Crippen molar-refractivity contribution in [3.05, 3.63) is 27.7 Å². The highest BCUT2D eigenvalue weighted by Crippen LogP contribution is 2.38. The number of benzene rings is 1. The van der Waals surface area contributed by atoms with E-state index in [0.717, 1.165) is 11.3 Å². The van der Waals surface area contributed by atoms with Crippen LogP contribution in [0.25, 0.3) is 0 Å². The maximum Gasteiger partial charge on any atom is 0.306 e. The number of hydrogen-bond donors (Lipinski definition) is 1. The second-order valence-corrected chi connectivity index (χ2v) is 5.12. The molecule has 0 fully saturated rings. The first-order valence-electron chi connectivity index (χ1n) is 5.41. The van der Waals surface area contributed by atoms with E-state index < -0.39 is 11.9 Å². The first-order chi connectivity index (χ1) is 8.00. The molecule has 0 saturated carbocycles. The molecule has 1 unspecified atom stereocenters. The fourth-order valence-corrected chi connectivity index (χ4v) is 2.76. The summed E-state index contributed by atoms with van der Waals surface area (Å²) in [4.78, 5) is 13.1. The Morgan fingerprint density at radius 1 is 1.41 bits per heavy atom. The SMILES string of the molecule is CN1CCC(C(=O)O)Cc2c(Cl)ccc(Cl)c21. The van der Waals surface area contributed by atoms with Gasteiger partial charge < -0.3 is 10.0 Å². The van der Waals surface area contributed by atoms with Gasteiger partial charge in [-0.25, -0.2) is 0 Å². The van der Waals surface area contributed by atoms with Crippen LogP contribution in [-0.4, -0.2) is 24.7 Å². The number of anilines is 1. The lowest BCUT2D eigenvalue weighted by molar-refractivity contribution is -0.141. The Labute approximate surface area is 110 Å². The molecule has 1 aliphatic rings. The number of hydrogen-bond acceptors (Lipinski definition) is 2. The summed E-state index contributed by atoms with van der Waals surface area (Å²) in [6, 6.07) is 3.47. The third-order valence-electron chi connectivity index (χ3n) is 3.17. The summed E-state index contributed by atoms with van der Waals surface area (Å²) in [5, 5.41) is 10.4. The van der Waals surface area contributed by atoms with Crippen molar-refractivity contribution in [1.82, 2.24) is 0 Å². The minimum absolute atomic E-state index is 0.394. The maximum atomic E-state index is 11.1. The van der Waals surface area contributed by atoms with Gasteiger partial charge in [0.1, 0.15) is 0 Å². The number of halogens is 2. The van der Waals surface area contributed by atoms with E-state index in [1.807, 2.05) is 11.9 Å². The van der Waals surface area contributed by atoms with Gasteiger partial charge in [0, 0.05) is 18.6 Å². The summed E-state index contributed by atoms with van der Waals surface area (Å²) in [7, 11) is 1.91. The van der Waals surface area contributed by atoms with Crippen molar-refractivity contribution in [2.75, 3.05) is 18.5 Å². The van der Waals surface area contributed by atoms with E-state index in [1.54, 1.807) is 12.1 Å². The monoisotopic (exact) mass is 273 g/mol. The molecular weight excluding hydrogens is 261 g/mol. The van der Waals surface area contributed by atoms with Crippen LogP contribution in [0.2, 0.25) is 10.0 Å². The highest BCUT2D eigenvalue weighted by atomic mass is 35.5. The van der Waals surface area contributed by atoms with Crippen LogP contribution in [-0.2, 0) is 11.2 Å². The van der Waals surface area contributed by atoms with Crippen molar-refractivity contribution >= 4 is 34.9 Å². The lowest BCUT2D eigenvalue weighted by Crippen LogP contribution is -2.21. The van der Waals surface area contributed by atoms with Gasteiger partial charge in [0.25, 0.3) is 0 Å². The standard InChI is InChI=1S/C12H13Cl2NO2/c1-15-5-4-7(12(16)17)6-8-9(13)2-3-10(14)11(8)15/h2-3,7H,4-6H2,1H3,(H,16,17). The van der Waals surface area contributed by atoms with E-state index in [-0.39, 0.29) is 0 Å². The van der Waals surface area contributed by atoms with Gasteiger partial charge in [0.05, 0.1) is 16.6 Å². The van der Waals surface area contributed by atoms with Crippen molar-refractivity contribution in [2.24, 2.45) is 5.92 Å². The van der Waals surface area contributed by atoms with Gasteiger partial charge in [-0.1, -0.05) is 23.2 Å². The molecule has 17 heavy (non-hydrogen) atoms. The third kappa shape index (κ3) is 2.35. The smallest absolute Gasteiger partial charge is 0.306 e. The molecular formula is C12H13Cl2NO2. The normalized spacial score (nSPS) is 19.7. The molecule has 0 radical (unpaired) electrons. The molecule has 92 valence electrons. The zero-order valence-electron chi connectivity index (χ0n) is 9.41. The molecule has 3 nitrogen and oxygen atoms in total. The van der Waals surface area contributed by atoms with Crippen LogP contribution < -0.4 is 4.90 Å². The van der Waals surface area contributed by atoms with Crippen molar-refractivity contribution in [2.45, 2.75) is 12.8 Å². The zero-order valence-corrected chi connectivity index (χ0v) is 10.9. The molecule has 1 atom stereocenters. The Bertz CT molecular complexity index is 462. The summed E-state index contributed by atoms with van der Waals surface area (Å²) in [5.74, 6) is -1.17. The second-order valence-electron chi connectivity index (χ2n) is 4.31. The number of aliphatic carboxylic acids is 1. The Kier molecular flexibility index (Phi) is 3.50. The number of carboxylic acids is 1. The molecule has 1 aromatic carbocycles.